The van der Waals surface area contributed by atoms with Gasteiger partial charge in [-0.25, -0.2) is 4.98 Å². The van der Waals surface area contributed by atoms with Crippen molar-refractivity contribution in [1.29, 1.82) is 0 Å². The smallest absolute Gasteiger partial charge is 0.254 e. The minimum absolute atomic E-state index is 0.136. The monoisotopic (exact) mass is 531 g/mol. The van der Waals surface area contributed by atoms with Gasteiger partial charge in [0.15, 0.2) is 0 Å². The van der Waals surface area contributed by atoms with Crippen molar-refractivity contribution in [3.05, 3.63) is 88.1 Å². The Hall–Kier alpha value is -3.09. The molecule has 7 heteroatoms. The first-order chi connectivity index (χ1) is 18.4. The zero-order valence-corrected chi connectivity index (χ0v) is 23.5. The van der Waals surface area contributed by atoms with Crippen LogP contribution in [0.5, 0.6) is 0 Å². The van der Waals surface area contributed by atoms with Crippen LogP contribution in [0.3, 0.4) is 0 Å². The fraction of sp³-hybridized carbons (Fsp3) is 0.419. The molecule has 3 aromatic rings. The molecule has 0 N–H and O–H groups in total. The minimum Gasteiger partial charge on any atom is -0.368 e. The van der Waals surface area contributed by atoms with E-state index in [1.165, 1.54) is 5.56 Å². The largest absolute Gasteiger partial charge is 0.368 e. The molecule has 2 fully saturated rings. The lowest BCUT2D eigenvalue weighted by molar-refractivity contribution is 0.0745. The number of carbonyl (C=O) groups is 1. The summed E-state index contributed by atoms with van der Waals surface area (Å²) in [4.78, 5) is 27.5. The first-order valence-electron chi connectivity index (χ1n) is 13.7. The van der Waals surface area contributed by atoms with E-state index in [4.69, 9.17) is 16.6 Å². The lowest BCUT2D eigenvalue weighted by Gasteiger charge is -2.37. The zero-order chi connectivity index (χ0) is 26.6. The maximum Gasteiger partial charge on any atom is 0.254 e. The first kappa shape index (κ1) is 26.5. The third-order valence-corrected chi connectivity index (χ3v) is 8.06. The van der Waals surface area contributed by atoms with E-state index in [1.54, 1.807) is 0 Å². The Labute approximate surface area is 231 Å². The van der Waals surface area contributed by atoms with E-state index >= 15 is 0 Å². The number of hydrogen-bond donors (Lipinski definition) is 0. The van der Waals surface area contributed by atoms with Gasteiger partial charge in [-0.3, -0.25) is 9.69 Å². The summed E-state index contributed by atoms with van der Waals surface area (Å²) < 4.78 is 0. The SMILES string of the molecule is Cc1ccc(CN2CCN(c3ccccc3Cl)CC2)cc1C(=O)N1CCN(c2cccc(C(C)C)n2)CC1. The molecule has 5 rings (SSSR count). The van der Waals surface area contributed by atoms with Gasteiger partial charge in [-0.2, -0.15) is 0 Å². The van der Waals surface area contributed by atoms with Crippen LogP contribution in [0, 0.1) is 6.92 Å². The van der Waals surface area contributed by atoms with E-state index in [2.05, 4.69) is 71.0 Å². The van der Waals surface area contributed by atoms with Crippen LogP contribution >= 0.6 is 11.6 Å². The Kier molecular flexibility index (Phi) is 8.20. The highest BCUT2D eigenvalue weighted by atomic mass is 35.5. The molecule has 2 aromatic carbocycles. The third-order valence-electron chi connectivity index (χ3n) is 7.74. The number of rotatable bonds is 6. The summed E-state index contributed by atoms with van der Waals surface area (Å²) in [5.74, 6) is 1.55. The normalized spacial score (nSPS) is 16.8. The van der Waals surface area contributed by atoms with Gasteiger partial charge >= 0.3 is 0 Å². The van der Waals surface area contributed by atoms with Gasteiger partial charge in [0.1, 0.15) is 5.82 Å². The van der Waals surface area contributed by atoms with Crippen LogP contribution in [0.1, 0.15) is 46.9 Å². The van der Waals surface area contributed by atoms with Crippen LogP contribution in [0.25, 0.3) is 0 Å². The summed E-state index contributed by atoms with van der Waals surface area (Å²) >= 11 is 6.41. The second-order valence-corrected chi connectivity index (χ2v) is 11.1. The summed E-state index contributed by atoms with van der Waals surface area (Å²) in [6.45, 7) is 14.1. The van der Waals surface area contributed by atoms with Gasteiger partial charge in [0.2, 0.25) is 0 Å². The van der Waals surface area contributed by atoms with Gasteiger partial charge in [0, 0.05) is 70.2 Å². The van der Waals surface area contributed by atoms with Crippen LogP contribution in [0.4, 0.5) is 11.5 Å². The molecule has 1 amide bonds. The van der Waals surface area contributed by atoms with Crippen LogP contribution in [-0.4, -0.2) is 73.0 Å². The molecule has 0 spiro atoms. The molecule has 2 saturated heterocycles. The highest BCUT2D eigenvalue weighted by molar-refractivity contribution is 6.33. The predicted octanol–water partition coefficient (Wildman–Crippen LogP) is 5.45. The number of piperazine rings is 2. The molecule has 1 aromatic heterocycles. The zero-order valence-electron chi connectivity index (χ0n) is 22.7. The number of para-hydroxylation sites is 1. The second-order valence-electron chi connectivity index (χ2n) is 10.7. The van der Waals surface area contributed by atoms with E-state index in [0.29, 0.717) is 19.0 Å². The summed E-state index contributed by atoms with van der Waals surface area (Å²) in [6, 6.07) is 20.7. The quantitative estimate of drug-likeness (QED) is 0.423. The second kappa shape index (κ2) is 11.7. The van der Waals surface area contributed by atoms with Crippen molar-refractivity contribution in [3.63, 3.8) is 0 Å². The average molecular weight is 532 g/mol. The molecule has 6 nitrogen and oxygen atoms in total. The Morgan fingerprint density at radius 1 is 0.868 bits per heavy atom. The van der Waals surface area contributed by atoms with E-state index in [1.807, 2.05) is 30.0 Å². The molecular formula is C31H38ClN5O. The van der Waals surface area contributed by atoms with Crippen molar-refractivity contribution in [1.82, 2.24) is 14.8 Å². The fourth-order valence-electron chi connectivity index (χ4n) is 5.36. The maximum atomic E-state index is 13.5. The molecule has 0 atom stereocenters. The molecule has 38 heavy (non-hydrogen) atoms. The number of benzene rings is 2. The molecule has 3 heterocycles. The topological polar surface area (TPSA) is 42.9 Å². The Morgan fingerprint density at radius 3 is 2.29 bits per heavy atom. The predicted molar refractivity (Wildman–Crippen MR) is 157 cm³/mol. The fourth-order valence-corrected chi connectivity index (χ4v) is 5.61. The number of nitrogens with zero attached hydrogens (tertiary/aromatic N) is 5. The van der Waals surface area contributed by atoms with Crippen LogP contribution < -0.4 is 9.80 Å². The molecule has 0 radical (unpaired) electrons. The third kappa shape index (κ3) is 5.97. The van der Waals surface area contributed by atoms with E-state index in [9.17, 15) is 4.79 Å². The lowest BCUT2D eigenvalue weighted by Crippen LogP contribution is -2.49. The molecule has 2 aliphatic heterocycles. The lowest BCUT2D eigenvalue weighted by atomic mass is 10.0. The van der Waals surface area contributed by atoms with Crippen molar-refractivity contribution >= 4 is 29.0 Å². The minimum atomic E-state index is 0.136. The van der Waals surface area contributed by atoms with E-state index in [-0.39, 0.29) is 5.91 Å². The summed E-state index contributed by atoms with van der Waals surface area (Å²) in [7, 11) is 0. The number of pyridine rings is 1. The Bertz CT molecular complexity index is 1260. The number of carbonyl (C=O) groups excluding carboxylic acids is 1. The number of aromatic nitrogens is 1. The van der Waals surface area contributed by atoms with Crippen molar-refractivity contribution in [2.45, 2.75) is 33.2 Å². The van der Waals surface area contributed by atoms with Gasteiger partial charge in [0.05, 0.1) is 10.7 Å². The summed E-state index contributed by atoms with van der Waals surface area (Å²) in [5, 5.41) is 0.809. The molecule has 0 bridgehead atoms. The van der Waals surface area contributed by atoms with E-state index in [0.717, 1.165) is 79.2 Å². The highest BCUT2D eigenvalue weighted by Crippen LogP contribution is 2.27. The Balaban J connectivity index is 1.18. The van der Waals surface area contributed by atoms with Crippen LogP contribution in [0.15, 0.2) is 60.7 Å². The van der Waals surface area contributed by atoms with Crippen molar-refractivity contribution < 1.29 is 4.79 Å². The molecule has 200 valence electrons. The van der Waals surface area contributed by atoms with Gasteiger partial charge in [-0.1, -0.05) is 55.8 Å². The van der Waals surface area contributed by atoms with Gasteiger partial charge < -0.3 is 14.7 Å². The van der Waals surface area contributed by atoms with Crippen molar-refractivity contribution in [2.75, 3.05) is 62.2 Å². The highest BCUT2D eigenvalue weighted by Gasteiger charge is 2.25. The van der Waals surface area contributed by atoms with Gasteiger partial charge in [-0.05, 0) is 54.3 Å². The van der Waals surface area contributed by atoms with Crippen molar-refractivity contribution in [3.8, 4) is 0 Å². The summed E-state index contributed by atoms with van der Waals surface area (Å²) in [5.41, 5.74) is 5.28. The van der Waals surface area contributed by atoms with Gasteiger partial charge in [0.25, 0.3) is 5.91 Å². The van der Waals surface area contributed by atoms with Crippen LogP contribution in [0.2, 0.25) is 5.02 Å². The number of halogens is 1. The standard InChI is InChI=1S/C31H38ClN5O/c1-23(2)28-8-6-10-30(33-28)36-17-19-37(20-18-36)31(38)26-21-25(12-11-24(26)3)22-34-13-15-35(16-14-34)29-9-5-4-7-27(29)32/h4-12,21,23H,13-20,22H2,1-3H3. The summed E-state index contributed by atoms with van der Waals surface area (Å²) in [6.07, 6.45) is 0. The molecule has 0 aliphatic carbocycles. The molecule has 2 aliphatic rings. The Morgan fingerprint density at radius 2 is 1.58 bits per heavy atom. The van der Waals surface area contributed by atoms with Crippen LogP contribution in [-0.2, 0) is 6.54 Å². The molecular weight excluding hydrogens is 494 g/mol. The maximum absolute atomic E-state index is 13.5. The number of amides is 1. The van der Waals surface area contributed by atoms with Crippen molar-refractivity contribution in [2.24, 2.45) is 0 Å². The van der Waals surface area contributed by atoms with Gasteiger partial charge in [-0.15, -0.1) is 0 Å². The van der Waals surface area contributed by atoms with E-state index < -0.39 is 0 Å². The number of anilines is 2. The number of hydrogen-bond acceptors (Lipinski definition) is 5. The molecule has 0 saturated carbocycles. The average Bonchev–Trinajstić information content (AvgIpc) is 2.95. The number of aryl methyl sites for hydroxylation is 1. The molecule has 0 unspecified atom stereocenters. The first-order valence-corrected chi connectivity index (χ1v) is 14.1.